The Morgan fingerprint density at radius 3 is 2.90 bits per heavy atom. The number of halogens is 1. The van der Waals surface area contributed by atoms with Gasteiger partial charge in [0.25, 0.3) is 0 Å². The van der Waals surface area contributed by atoms with Crippen molar-refractivity contribution in [1.29, 1.82) is 0 Å². The number of nitrogens with two attached hydrogens (primary N) is 1. The SMILES string of the molecule is CC(N)Cc1ccc(Br)cc1N(C)C1CCCN(C)C1. The van der Waals surface area contributed by atoms with Crippen molar-refractivity contribution in [2.24, 2.45) is 5.73 Å². The van der Waals surface area contributed by atoms with Crippen molar-refractivity contribution in [3.05, 3.63) is 28.2 Å². The lowest BCUT2D eigenvalue weighted by atomic mass is 10.0. The third-order valence-corrected chi connectivity index (χ3v) is 4.61. The summed E-state index contributed by atoms with van der Waals surface area (Å²) >= 11 is 3.60. The van der Waals surface area contributed by atoms with Crippen molar-refractivity contribution in [2.75, 3.05) is 32.1 Å². The van der Waals surface area contributed by atoms with Crippen LogP contribution >= 0.6 is 15.9 Å². The highest BCUT2D eigenvalue weighted by molar-refractivity contribution is 9.10. The maximum atomic E-state index is 5.99. The smallest absolute Gasteiger partial charge is 0.0414 e. The molecular formula is C16H26BrN3. The van der Waals surface area contributed by atoms with Crippen molar-refractivity contribution in [2.45, 2.75) is 38.3 Å². The summed E-state index contributed by atoms with van der Waals surface area (Å²) in [5.41, 5.74) is 8.66. The highest BCUT2D eigenvalue weighted by atomic mass is 79.9. The zero-order valence-corrected chi connectivity index (χ0v) is 14.4. The average molecular weight is 340 g/mol. The van der Waals surface area contributed by atoms with E-state index in [1.165, 1.54) is 30.6 Å². The van der Waals surface area contributed by atoms with Crippen molar-refractivity contribution in [3.63, 3.8) is 0 Å². The molecular weight excluding hydrogens is 314 g/mol. The topological polar surface area (TPSA) is 32.5 Å². The fourth-order valence-electron chi connectivity index (χ4n) is 3.04. The molecule has 112 valence electrons. The van der Waals surface area contributed by atoms with Gasteiger partial charge in [-0.15, -0.1) is 0 Å². The van der Waals surface area contributed by atoms with E-state index in [4.69, 9.17) is 5.73 Å². The van der Waals surface area contributed by atoms with E-state index in [9.17, 15) is 0 Å². The summed E-state index contributed by atoms with van der Waals surface area (Å²) in [6.07, 6.45) is 3.47. The molecule has 4 heteroatoms. The maximum Gasteiger partial charge on any atom is 0.0414 e. The number of hydrogen-bond donors (Lipinski definition) is 1. The standard InChI is InChI=1S/C16H26BrN3/c1-12(18)9-13-6-7-14(17)10-16(13)20(3)15-5-4-8-19(2)11-15/h6-7,10,12,15H,4-5,8-9,11,18H2,1-3H3. The van der Waals surface area contributed by atoms with E-state index in [-0.39, 0.29) is 6.04 Å². The van der Waals surface area contributed by atoms with E-state index in [1.54, 1.807) is 0 Å². The van der Waals surface area contributed by atoms with E-state index in [0.29, 0.717) is 6.04 Å². The molecule has 1 heterocycles. The Labute approximate surface area is 131 Å². The van der Waals surface area contributed by atoms with Crippen LogP contribution < -0.4 is 10.6 Å². The van der Waals surface area contributed by atoms with E-state index in [2.05, 4.69) is 64.9 Å². The van der Waals surface area contributed by atoms with E-state index in [1.807, 2.05) is 0 Å². The molecule has 2 N–H and O–H groups in total. The summed E-state index contributed by atoms with van der Waals surface area (Å²) in [6, 6.07) is 7.33. The van der Waals surface area contributed by atoms with Gasteiger partial charge in [0.15, 0.2) is 0 Å². The van der Waals surface area contributed by atoms with Crippen molar-refractivity contribution in [3.8, 4) is 0 Å². The van der Waals surface area contributed by atoms with Crippen LogP contribution in [0.5, 0.6) is 0 Å². The van der Waals surface area contributed by atoms with Gasteiger partial charge in [0.1, 0.15) is 0 Å². The highest BCUT2D eigenvalue weighted by Crippen LogP contribution is 2.28. The normalized spacial score (nSPS) is 21.8. The molecule has 2 atom stereocenters. The van der Waals surface area contributed by atoms with E-state index in [0.717, 1.165) is 17.4 Å². The van der Waals surface area contributed by atoms with Gasteiger partial charge in [-0.05, 0) is 57.5 Å². The van der Waals surface area contributed by atoms with Crippen LogP contribution in [0.1, 0.15) is 25.3 Å². The highest BCUT2D eigenvalue weighted by Gasteiger charge is 2.23. The third kappa shape index (κ3) is 3.96. The molecule has 2 unspecified atom stereocenters. The summed E-state index contributed by atoms with van der Waals surface area (Å²) < 4.78 is 1.14. The first kappa shape index (κ1) is 15.8. The fourth-order valence-corrected chi connectivity index (χ4v) is 3.39. The monoisotopic (exact) mass is 339 g/mol. The zero-order valence-electron chi connectivity index (χ0n) is 12.8. The lowest BCUT2D eigenvalue weighted by molar-refractivity contribution is 0.248. The Morgan fingerprint density at radius 1 is 1.50 bits per heavy atom. The lowest BCUT2D eigenvalue weighted by Gasteiger charge is -2.38. The molecule has 1 saturated heterocycles. The third-order valence-electron chi connectivity index (χ3n) is 4.12. The van der Waals surface area contributed by atoms with Gasteiger partial charge in [0.05, 0.1) is 0 Å². The van der Waals surface area contributed by atoms with Crippen LogP contribution in [0.4, 0.5) is 5.69 Å². The Hall–Kier alpha value is -0.580. The largest absolute Gasteiger partial charge is 0.370 e. The first-order valence-corrected chi connectivity index (χ1v) is 8.22. The second-order valence-corrected chi connectivity index (χ2v) is 7.04. The molecule has 1 fully saturated rings. The molecule has 1 aliphatic heterocycles. The summed E-state index contributed by atoms with van der Waals surface area (Å²) in [4.78, 5) is 4.87. The van der Waals surface area contributed by atoms with Gasteiger partial charge < -0.3 is 15.5 Å². The van der Waals surface area contributed by atoms with Crippen LogP contribution in [0.3, 0.4) is 0 Å². The Kier molecular flexibility index (Phi) is 5.47. The number of benzene rings is 1. The Morgan fingerprint density at radius 2 is 2.25 bits per heavy atom. The van der Waals surface area contributed by atoms with Crippen LogP contribution in [-0.2, 0) is 6.42 Å². The first-order chi connectivity index (χ1) is 9.47. The minimum atomic E-state index is 0.192. The van der Waals surface area contributed by atoms with Gasteiger partial charge in [-0.2, -0.15) is 0 Å². The first-order valence-electron chi connectivity index (χ1n) is 7.42. The van der Waals surface area contributed by atoms with Crippen LogP contribution in [0.2, 0.25) is 0 Å². The number of likely N-dealkylation sites (tertiary alicyclic amines) is 1. The summed E-state index contributed by atoms with van der Waals surface area (Å²) in [6.45, 7) is 4.43. The van der Waals surface area contributed by atoms with Crippen LogP contribution in [0.15, 0.2) is 22.7 Å². The molecule has 3 nitrogen and oxygen atoms in total. The number of piperidine rings is 1. The number of nitrogens with zero attached hydrogens (tertiary/aromatic N) is 2. The van der Waals surface area contributed by atoms with Gasteiger partial charge in [-0.25, -0.2) is 0 Å². The minimum absolute atomic E-state index is 0.192. The molecule has 0 saturated carbocycles. The van der Waals surface area contributed by atoms with Crippen molar-refractivity contribution in [1.82, 2.24) is 4.90 Å². The Balaban J connectivity index is 2.22. The van der Waals surface area contributed by atoms with Crippen molar-refractivity contribution >= 4 is 21.6 Å². The molecule has 0 bridgehead atoms. The van der Waals surface area contributed by atoms with Crippen LogP contribution in [-0.4, -0.2) is 44.2 Å². The number of likely N-dealkylation sites (N-methyl/N-ethyl adjacent to an activating group) is 2. The molecule has 20 heavy (non-hydrogen) atoms. The lowest BCUT2D eigenvalue weighted by Crippen LogP contribution is -2.45. The molecule has 2 rings (SSSR count). The Bertz CT molecular complexity index is 447. The zero-order chi connectivity index (χ0) is 14.7. The van der Waals surface area contributed by atoms with Crippen molar-refractivity contribution < 1.29 is 0 Å². The summed E-state index contributed by atoms with van der Waals surface area (Å²) in [5, 5.41) is 0. The van der Waals surface area contributed by atoms with Gasteiger partial charge in [0.2, 0.25) is 0 Å². The van der Waals surface area contributed by atoms with Crippen LogP contribution in [0.25, 0.3) is 0 Å². The summed E-state index contributed by atoms with van der Waals surface area (Å²) in [7, 11) is 4.43. The quantitative estimate of drug-likeness (QED) is 0.915. The second-order valence-electron chi connectivity index (χ2n) is 6.12. The molecule has 1 aliphatic rings. The predicted molar refractivity (Wildman–Crippen MR) is 90.4 cm³/mol. The average Bonchev–Trinajstić information content (AvgIpc) is 2.39. The molecule has 0 radical (unpaired) electrons. The van der Waals surface area contributed by atoms with Gasteiger partial charge in [-0.1, -0.05) is 22.0 Å². The molecule has 0 spiro atoms. The number of hydrogen-bond acceptors (Lipinski definition) is 3. The van der Waals surface area contributed by atoms with E-state index >= 15 is 0 Å². The second kappa shape index (κ2) is 6.92. The number of anilines is 1. The molecule has 1 aromatic rings. The maximum absolute atomic E-state index is 5.99. The molecule has 0 aromatic heterocycles. The molecule has 1 aromatic carbocycles. The fraction of sp³-hybridized carbons (Fsp3) is 0.625. The minimum Gasteiger partial charge on any atom is -0.370 e. The van der Waals surface area contributed by atoms with Gasteiger partial charge >= 0.3 is 0 Å². The summed E-state index contributed by atoms with van der Waals surface area (Å²) in [5.74, 6) is 0. The predicted octanol–water partition coefficient (Wildman–Crippen LogP) is 2.87. The van der Waals surface area contributed by atoms with Gasteiger partial charge in [-0.3, -0.25) is 0 Å². The van der Waals surface area contributed by atoms with Gasteiger partial charge in [0, 0.05) is 35.8 Å². The molecule has 0 amide bonds. The van der Waals surface area contributed by atoms with E-state index < -0.39 is 0 Å². The van der Waals surface area contributed by atoms with Crippen LogP contribution in [0, 0.1) is 0 Å². The number of rotatable bonds is 4. The molecule has 0 aliphatic carbocycles.